The lowest BCUT2D eigenvalue weighted by molar-refractivity contribution is 0.545. The van der Waals surface area contributed by atoms with E-state index in [4.69, 9.17) is 0 Å². The quantitative estimate of drug-likeness (QED) is 0.889. The molecule has 0 aliphatic heterocycles. The molecule has 0 saturated heterocycles. The molecule has 1 N–H and O–H groups in total. The first-order chi connectivity index (χ1) is 9.60. The topological polar surface area (TPSA) is 24.9 Å². The summed E-state index contributed by atoms with van der Waals surface area (Å²) in [7, 11) is 0. The molecule has 1 aromatic heterocycles. The SMILES string of the molecule is CCNC(Cc1cc(C)cc(C)c1)c1cnccc1C. The molecular formula is C18H24N2. The molecule has 20 heavy (non-hydrogen) atoms. The van der Waals surface area contributed by atoms with Crippen LogP contribution < -0.4 is 5.32 Å². The molecule has 2 rings (SSSR count). The third-order valence-corrected chi connectivity index (χ3v) is 3.63. The average Bonchev–Trinajstić information content (AvgIpc) is 2.37. The Morgan fingerprint density at radius 1 is 1.10 bits per heavy atom. The summed E-state index contributed by atoms with van der Waals surface area (Å²) in [5.74, 6) is 0. The summed E-state index contributed by atoms with van der Waals surface area (Å²) in [5.41, 5.74) is 6.65. The Morgan fingerprint density at radius 3 is 2.40 bits per heavy atom. The van der Waals surface area contributed by atoms with Crippen LogP contribution in [0.1, 0.15) is 40.8 Å². The summed E-state index contributed by atoms with van der Waals surface area (Å²) in [6.45, 7) is 9.59. The minimum atomic E-state index is 0.329. The largest absolute Gasteiger partial charge is 0.310 e. The molecule has 1 atom stereocenters. The maximum absolute atomic E-state index is 4.29. The first-order valence-electron chi connectivity index (χ1n) is 7.31. The second kappa shape index (κ2) is 6.67. The molecule has 0 saturated carbocycles. The minimum Gasteiger partial charge on any atom is -0.310 e. The van der Waals surface area contributed by atoms with Gasteiger partial charge in [0, 0.05) is 18.4 Å². The number of nitrogens with zero attached hydrogens (tertiary/aromatic N) is 1. The molecule has 0 aliphatic rings. The number of hydrogen-bond acceptors (Lipinski definition) is 2. The van der Waals surface area contributed by atoms with E-state index in [0.717, 1.165) is 13.0 Å². The monoisotopic (exact) mass is 268 g/mol. The predicted molar refractivity (Wildman–Crippen MR) is 85.0 cm³/mol. The number of aryl methyl sites for hydroxylation is 3. The lowest BCUT2D eigenvalue weighted by atomic mass is 9.95. The van der Waals surface area contributed by atoms with Crippen molar-refractivity contribution in [2.45, 2.75) is 40.2 Å². The van der Waals surface area contributed by atoms with Crippen molar-refractivity contribution in [1.82, 2.24) is 10.3 Å². The van der Waals surface area contributed by atoms with E-state index in [2.05, 4.69) is 62.3 Å². The van der Waals surface area contributed by atoms with Gasteiger partial charge in [-0.15, -0.1) is 0 Å². The van der Waals surface area contributed by atoms with Crippen LogP contribution in [0, 0.1) is 20.8 Å². The van der Waals surface area contributed by atoms with Crippen molar-refractivity contribution in [3.8, 4) is 0 Å². The van der Waals surface area contributed by atoms with Gasteiger partial charge in [-0.05, 0) is 56.5 Å². The molecule has 2 heteroatoms. The minimum absolute atomic E-state index is 0.329. The zero-order valence-electron chi connectivity index (χ0n) is 12.9. The van der Waals surface area contributed by atoms with Crippen molar-refractivity contribution in [3.05, 3.63) is 64.5 Å². The van der Waals surface area contributed by atoms with Gasteiger partial charge in [-0.1, -0.05) is 36.2 Å². The highest BCUT2D eigenvalue weighted by molar-refractivity contribution is 5.32. The Labute approximate surface area is 122 Å². The molecule has 0 bridgehead atoms. The van der Waals surface area contributed by atoms with Crippen LogP contribution in [0.4, 0.5) is 0 Å². The molecule has 1 aromatic carbocycles. The number of likely N-dealkylation sites (N-methyl/N-ethyl adjacent to an activating group) is 1. The predicted octanol–water partition coefficient (Wildman–Crippen LogP) is 3.90. The van der Waals surface area contributed by atoms with Gasteiger partial charge in [-0.2, -0.15) is 0 Å². The normalized spacial score (nSPS) is 12.4. The molecule has 2 nitrogen and oxygen atoms in total. The highest BCUT2D eigenvalue weighted by Crippen LogP contribution is 2.22. The van der Waals surface area contributed by atoms with Crippen LogP contribution in [-0.2, 0) is 6.42 Å². The fourth-order valence-electron chi connectivity index (χ4n) is 2.80. The number of hydrogen-bond donors (Lipinski definition) is 1. The highest BCUT2D eigenvalue weighted by Gasteiger charge is 2.14. The molecule has 0 amide bonds. The number of rotatable bonds is 5. The van der Waals surface area contributed by atoms with E-state index in [1.807, 2.05) is 12.4 Å². The third-order valence-electron chi connectivity index (χ3n) is 3.63. The standard InChI is InChI=1S/C18H24N2/c1-5-20-18(17-12-19-7-6-15(17)4)11-16-9-13(2)8-14(3)10-16/h6-10,12,18,20H,5,11H2,1-4H3. The van der Waals surface area contributed by atoms with Crippen LogP contribution in [0.25, 0.3) is 0 Å². The zero-order chi connectivity index (χ0) is 14.5. The number of pyridine rings is 1. The fourth-order valence-corrected chi connectivity index (χ4v) is 2.80. The van der Waals surface area contributed by atoms with Gasteiger partial charge in [0.05, 0.1) is 0 Å². The van der Waals surface area contributed by atoms with Crippen LogP contribution in [0.3, 0.4) is 0 Å². The Bertz CT molecular complexity index is 555. The van der Waals surface area contributed by atoms with Crippen molar-refractivity contribution in [1.29, 1.82) is 0 Å². The fraction of sp³-hybridized carbons (Fsp3) is 0.389. The van der Waals surface area contributed by atoms with E-state index in [9.17, 15) is 0 Å². The molecule has 0 fully saturated rings. The smallest absolute Gasteiger partial charge is 0.0378 e. The summed E-state index contributed by atoms with van der Waals surface area (Å²) in [4.78, 5) is 4.29. The van der Waals surface area contributed by atoms with E-state index in [1.165, 1.54) is 27.8 Å². The Balaban J connectivity index is 2.28. The second-order valence-electron chi connectivity index (χ2n) is 5.54. The van der Waals surface area contributed by atoms with Crippen LogP contribution in [0.2, 0.25) is 0 Å². The van der Waals surface area contributed by atoms with Crippen LogP contribution >= 0.6 is 0 Å². The van der Waals surface area contributed by atoms with E-state index < -0.39 is 0 Å². The molecule has 0 radical (unpaired) electrons. The third kappa shape index (κ3) is 3.67. The first-order valence-corrected chi connectivity index (χ1v) is 7.31. The Kier molecular flexibility index (Phi) is 4.91. The number of aromatic nitrogens is 1. The van der Waals surface area contributed by atoms with Crippen molar-refractivity contribution in [2.75, 3.05) is 6.54 Å². The number of nitrogens with one attached hydrogen (secondary N) is 1. The maximum Gasteiger partial charge on any atom is 0.0378 e. The molecular weight excluding hydrogens is 244 g/mol. The van der Waals surface area contributed by atoms with Crippen molar-refractivity contribution in [2.24, 2.45) is 0 Å². The van der Waals surface area contributed by atoms with Gasteiger partial charge in [0.2, 0.25) is 0 Å². The summed E-state index contributed by atoms with van der Waals surface area (Å²) in [6, 6.07) is 9.20. The average molecular weight is 268 g/mol. The summed E-state index contributed by atoms with van der Waals surface area (Å²) >= 11 is 0. The molecule has 106 valence electrons. The molecule has 2 aromatic rings. The van der Waals surface area contributed by atoms with Crippen molar-refractivity contribution < 1.29 is 0 Å². The van der Waals surface area contributed by atoms with Gasteiger partial charge < -0.3 is 5.32 Å². The van der Waals surface area contributed by atoms with E-state index in [-0.39, 0.29) is 0 Å². The van der Waals surface area contributed by atoms with Gasteiger partial charge in [0.1, 0.15) is 0 Å². The van der Waals surface area contributed by atoms with Gasteiger partial charge >= 0.3 is 0 Å². The van der Waals surface area contributed by atoms with E-state index >= 15 is 0 Å². The lowest BCUT2D eigenvalue weighted by Crippen LogP contribution is -2.24. The molecule has 1 unspecified atom stereocenters. The highest BCUT2D eigenvalue weighted by atomic mass is 14.9. The van der Waals surface area contributed by atoms with Crippen molar-refractivity contribution in [3.63, 3.8) is 0 Å². The number of benzene rings is 1. The molecule has 0 aliphatic carbocycles. The lowest BCUT2D eigenvalue weighted by Gasteiger charge is -2.20. The van der Waals surface area contributed by atoms with E-state index in [1.54, 1.807) is 0 Å². The van der Waals surface area contributed by atoms with Gasteiger partial charge in [-0.25, -0.2) is 0 Å². The first kappa shape index (κ1) is 14.7. The second-order valence-corrected chi connectivity index (χ2v) is 5.54. The van der Waals surface area contributed by atoms with Crippen LogP contribution in [-0.4, -0.2) is 11.5 Å². The van der Waals surface area contributed by atoms with E-state index in [0.29, 0.717) is 6.04 Å². The summed E-state index contributed by atoms with van der Waals surface area (Å²) in [6.07, 6.45) is 4.85. The molecule has 1 heterocycles. The molecule has 0 spiro atoms. The summed E-state index contributed by atoms with van der Waals surface area (Å²) in [5, 5.41) is 3.59. The van der Waals surface area contributed by atoms with Crippen molar-refractivity contribution >= 4 is 0 Å². The van der Waals surface area contributed by atoms with Gasteiger partial charge in [0.15, 0.2) is 0 Å². The maximum atomic E-state index is 4.29. The Hall–Kier alpha value is -1.67. The van der Waals surface area contributed by atoms with Crippen LogP contribution in [0.5, 0.6) is 0 Å². The van der Waals surface area contributed by atoms with Crippen LogP contribution in [0.15, 0.2) is 36.7 Å². The van der Waals surface area contributed by atoms with Gasteiger partial charge in [-0.3, -0.25) is 4.98 Å². The zero-order valence-corrected chi connectivity index (χ0v) is 12.9. The Morgan fingerprint density at radius 2 is 1.80 bits per heavy atom. The van der Waals surface area contributed by atoms with Gasteiger partial charge in [0.25, 0.3) is 0 Å². The summed E-state index contributed by atoms with van der Waals surface area (Å²) < 4.78 is 0.